The van der Waals surface area contributed by atoms with Gasteiger partial charge in [-0.25, -0.2) is 4.98 Å². The number of thiazole rings is 1. The van der Waals surface area contributed by atoms with Crippen molar-refractivity contribution >= 4 is 17.2 Å². The first-order valence-electron chi connectivity index (χ1n) is 6.51. The van der Waals surface area contributed by atoms with E-state index in [0.29, 0.717) is 19.5 Å². The Labute approximate surface area is 122 Å². The third-order valence-electron chi connectivity index (χ3n) is 2.71. The molecule has 0 saturated heterocycles. The molecule has 2 aromatic rings. The summed E-state index contributed by atoms with van der Waals surface area (Å²) in [6, 6.07) is 3.80. The number of rotatable bonds is 7. The Morgan fingerprint density at radius 1 is 1.35 bits per heavy atom. The molecule has 6 heteroatoms. The van der Waals surface area contributed by atoms with Crippen LogP contribution in [0, 0.1) is 6.92 Å². The zero-order valence-electron chi connectivity index (χ0n) is 11.4. The average molecular weight is 290 g/mol. The van der Waals surface area contributed by atoms with Gasteiger partial charge in [-0.05, 0) is 18.6 Å². The maximum atomic E-state index is 11.7. The van der Waals surface area contributed by atoms with E-state index in [1.54, 1.807) is 23.7 Å². The molecular formula is C14H18N4OS. The molecule has 0 saturated carbocycles. The van der Waals surface area contributed by atoms with Gasteiger partial charge in [-0.1, -0.05) is 6.07 Å². The van der Waals surface area contributed by atoms with E-state index >= 15 is 0 Å². The van der Waals surface area contributed by atoms with Crippen LogP contribution in [0.25, 0.3) is 0 Å². The van der Waals surface area contributed by atoms with Crippen molar-refractivity contribution in [3.63, 3.8) is 0 Å². The molecule has 2 aromatic heterocycles. The smallest absolute Gasteiger partial charge is 0.221 e. The van der Waals surface area contributed by atoms with Crippen molar-refractivity contribution in [2.45, 2.75) is 26.4 Å². The summed E-state index contributed by atoms with van der Waals surface area (Å²) < 4.78 is 0. The van der Waals surface area contributed by atoms with Gasteiger partial charge in [-0.2, -0.15) is 0 Å². The zero-order chi connectivity index (χ0) is 14.2. The van der Waals surface area contributed by atoms with Crippen LogP contribution < -0.4 is 10.6 Å². The van der Waals surface area contributed by atoms with E-state index in [1.807, 2.05) is 25.3 Å². The number of nitrogens with one attached hydrogen (secondary N) is 2. The third kappa shape index (κ3) is 5.07. The number of carbonyl (C=O) groups excluding carboxylic acids is 1. The SMILES string of the molecule is Cc1ncc(CNCCC(=O)NCc2cccnc2)s1. The van der Waals surface area contributed by atoms with Gasteiger partial charge in [0.05, 0.1) is 5.01 Å². The molecule has 5 nitrogen and oxygen atoms in total. The molecule has 0 aliphatic carbocycles. The molecule has 0 radical (unpaired) electrons. The number of pyridine rings is 1. The van der Waals surface area contributed by atoms with Crippen molar-refractivity contribution in [2.75, 3.05) is 6.54 Å². The van der Waals surface area contributed by atoms with Crippen molar-refractivity contribution in [3.05, 3.63) is 46.2 Å². The Balaban J connectivity index is 1.58. The summed E-state index contributed by atoms with van der Waals surface area (Å²) in [7, 11) is 0. The van der Waals surface area contributed by atoms with Gasteiger partial charge in [0.25, 0.3) is 0 Å². The number of carbonyl (C=O) groups is 1. The lowest BCUT2D eigenvalue weighted by atomic mass is 10.3. The standard InChI is InChI=1S/C14H18N4OS/c1-11-17-10-13(20-11)9-16-6-4-14(19)18-8-12-3-2-5-15-7-12/h2-3,5,7,10,16H,4,6,8-9H2,1H3,(H,18,19). The van der Waals surface area contributed by atoms with Gasteiger partial charge < -0.3 is 10.6 Å². The van der Waals surface area contributed by atoms with E-state index in [2.05, 4.69) is 20.6 Å². The number of nitrogens with zero attached hydrogens (tertiary/aromatic N) is 2. The molecule has 0 fully saturated rings. The molecule has 2 rings (SSSR count). The highest BCUT2D eigenvalue weighted by Crippen LogP contribution is 2.10. The van der Waals surface area contributed by atoms with E-state index in [-0.39, 0.29) is 5.91 Å². The fourth-order valence-electron chi connectivity index (χ4n) is 1.69. The minimum absolute atomic E-state index is 0.0434. The Morgan fingerprint density at radius 3 is 2.95 bits per heavy atom. The number of hydrogen-bond donors (Lipinski definition) is 2. The average Bonchev–Trinajstić information content (AvgIpc) is 2.88. The summed E-state index contributed by atoms with van der Waals surface area (Å²) in [5.41, 5.74) is 1.01. The van der Waals surface area contributed by atoms with Crippen molar-refractivity contribution in [1.82, 2.24) is 20.6 Å². The van der Waals surface area contributed by atoms with Gasteiger partial charge in [0.15, 0.2) is 0 Å². The van der Waals surface area contributed by atoms with Crippen LogP contribution in [-0.4, -0.2) is 22.4 Å². The van der Waals surface area contributed by atoms with Crippen molar-refractivity contribution < 1.29 is 4.79 Å². The summed E-state index contributed by atoms with van der Waals surface area (Å²) in [6.07, 6.45) is 5.81. The molecule has 20 heavy (non-hydrogen) atoms. The molecule has 2 N–H and O–H groups in total. The molecule has 106 valence electrons. The van der Waals surface area contributed by atoms with Crippen LogP contribution >= 0.6 is 11.3 Å². The number of hydrogen-bond acceptors (Lipinski definition) is 5. The van der Waals surface area contributed by atoms with Gasteiger partial charge in [0.2, 0.25) is 5.91 Å². The molecule has 2 heterocycles. The summed E-state index contributed by atoms with van der Waals surface area (Å²) in [5.74, 6) is 0.0434. The Kier molecular flexibility index (Phi) is 5.64. The first-order chi connectivity index (χ1) is 9.74. The largest absolute Gasteiger partial charge is 0.352 e. The number of aryl methyl sites for hydroxylation is 1. The van der Waals surface area contributed by atoms with Gasteiger partial charge in [-0.15, -0.1) is 11.3 Å². The molecule has 0 unspecified atom stereocenters. The lowest BCUT2D eigenvalue weighted by molar-refractivity contribution is -0.121. The fraction of sp³-hybridized carbons (Fsp3) is 0.357. The highest BCUT2D eigenvalue weighted by molar-refractivity contribution is 7.11. The molecule has 0 aromatic carbocycles. The summed E-state index contributed by atoms with van der Waals surface area (Å²) in [6.45, 7) is 3.94. The Bertz CT molecular complexity index is 541. The van der Waals surface area contributed by atoms with Crippen LogP contribution in [0.3, 0.4) is 0 Å². The Morgan fingerprint density at radius 2 is 2.25 bits per heavy atom. The van der Waals surface area contributed by atoms with E-state index < -0.39 is 0 Å². The lowest BCUT2D eigenvalue weighted by Gasteiger charge is -2.05. The van der Waals surface area contributed by atoms with Crippen LogP contribution in [0.5, 0.6) is 0 Å². The molecule has 0 aliphatic rings. The highest BCUT2D eigenvalue weighted by Gasteiger charge is 2.02. The number of amides is 1. The molecule has 0 atom stereocenters. The van der Waals surface area contributed by atoms with E-state index in [4.69, 9.17) is 0 Å². The maximum Gasteiger partial charge on any atom is 0.221 e. The van der Waals surface area contributed by atoms with Gasteiger partial charge in [0.1, 0.15) is 0 Å². The lowest BCUT2D eigenvalue weighted by Crippen LogP contribution is -2.27. The summed E-state index contributed by atoms with van der Waals surface area (Å²) in [4.78, 5) is 21.0. The zero-order valence-corrected chi connectivity index (χ0v) is 12.2. The van der Waals surface area contributed by atoms with Crippen molar-refractivity contribution in [2.24, 2.45) is 0 Å². The number of aromatic nitrogens is 2. The van der Waals surface area contributed by atoms with Crippen LogP contribution in [0.15, 0.2) is 30.7 Å². The van der Waals surface area contributed by atoms with Gasteiger partial charge >= 0.3 is 0 Å². The van der Waals surface area contributed by atoms with Crippen LogP contribution in [-0.2, 0) is 17.9 Å². The first-order valence-corrected chi connectivity index (χ1v) is 7.33. The minimum atomic E-state index is 0.0434. The van der Waals surface area contributed by atoms with Crippen LogP contribution in [0.2, 0.25) is 0 Å². The van der Waals surface area contributed by atoms with Crippen LogP contribution in [0.4, 0.5) is 0 Å². The fourth-order valence-corrected chi connectivity index (χ4v) is 2.46. The third-order valence-corrected chi connectivity index (χ3v) is 3.62. The first kappa shape index (κ1) is 14.6. The molecule has 0 spiro atoms. The molecular weight excluding hydrogens is 272 g/mol. The maximum absolute atomic E-state index is 11.7. The Hall–Kier alpha value is -1.79. The normalized spacial score (nSPS) is 10.4. The molecule has 0 aliphatic heterocycles. The van der Waals surface area contributed by atoms with Crippen molar-refractivity contribution in [1.29, 1.82) is 0 Å². The van der Waals surface area contributed by atoms with Crippen LogP contribution in [0.1, 0.15) is 21.9 Å². The topological polar surface area (TPSA) is 66.9 Å². The van der Waals surface area contributed by atoms with Gasteiger partial charge in [0, 0.05) is 49.5 Å². The highest BCUT2D eigenvalue weighted by atomic mass is 32.1. The molecule has 1 amide bonds. The minimum Gasteiger partial charge on any atom is -0.352 e. The predicted molar refractivity (Wildman–Crippen MR) is 79.3 cm³/mol. The van der Waals surface area contributed by atoms with E-state index in [1.165, 1.54) is 4.88 Å². The monoisotopic (exact) mass is 290 g/mol. The summed E-state index contributed by atoms with van der Waals surface area (Å²) >= 11 is 1.67. The van der Waals surface area contributed by atoms with Crippen molar-refractivity contribution in [3.8, 4) is 0 Å². The second kappa shape index (κ2) is 7.72. The van der Waals surface area contributed by atoms with Gasteiger partial charge in [-0.3, -0.25) is 9.78 Å². The quantitative estimate of drug-likeness (QED) is 0.761. The second-order valence-corrected chi connectivity index (χ2v) is 5.73. The summed E-state index contributed by atoms with van der Waals surface area (Å²) in [5, 5.41) is 7.18. The molecule has 0 bridgehead atoms. The van der Waals surface area contributed by atoms with E-state index in [9.17, 15) is 4.79 Å². The predicted octanol–water partition coefficient (Wildman–Crippen LogP) is 1.64. The van der Waals surface area contributed by atoms with E-state index in [0.717, 1.165) is 17.1 Å². The second-order valence-electron chi connectivity index (χ2n) is 4.41.